The van der Waals surface area contributed by atoms with E-state index in [0.29, 0.717) is 30.7 Å². The summed E-state index contributed by atoms with van der Waals surface area (Å²) in [7, 11) is 1.61. The number of fused-ring (bicyclic) bond motifs is 1. The van der Waals surface area contributed by atoms with Crippen molar-refractivity contribution in [2.24, 2.45) is 0 Å². The Labute approximate surface area is 183 Å². The molecule has 31 heavy (non-hydrogen) atoms. The number of anilines is 4. The Bertz CT molecular complexity index is 1220. The van der Waals surface area contributed by atoms with Crippen LogP contribution in [0.1, 0.15) is 0 Å². The van der Waals surface area contributed by atoms with E-state index in [0.717, 1.165) is 45.9 Å². The second kappa shape index (κ2) is 8.37. The number of ether oxygens (including phenoxy) is 2. The van der Waals surface area contributed by atoms with Crippen LogP contribution in [-0.2, 0) is 4.74 Å². The maximum Gasteiger partial charge on any atom is 0.239 e. The highest BCUT2D eigenvalue weighted by Crippen LogP contribution is 2.34. The molecule has 1 aliphatic heterocycles. The number of hydrogen-bond acceptors (Lipinski definition) is 9. The van der Waals surface area contributed by atoms with Crippen molar-refractivity contribution in [1.29, 1.82) is 0 Å². The average Bonchev–Trinajstić information content (AvgIpc) is 3.23. The molecule has 0 spiro atoms. The fourth-order valence-electron chi connectivity index (χ4n) is 3.57. The average molecular weight is 435 g/mol. The number of nitrogens with zero attached hydrogens (tertiary/aromatic N) is 4. The topological polar surface area (TPSA) is 98.4 Å². The summed E-state index contributed by atoms with van der Waals surface area (Å²) >= 11 is 1.61. The first-order valence-electron chi connectivity index (χ1n) is 9.96. The minimum absolute atomic E-state index is 0.482. The Kier molecular flexibility index (Phi) is 5.27. The number of benzene rings is 1. The number of morpholine rings is 1. The summed E-state index contributed by atoms with van der Waals surface area (Å²) in [5, 5.41) is 5.33. The van der Waals surface area contributed by atoms with E-state index >= 15 is 0 Å². The summed E-state index contributed by atoms with van der Waals surface area (Å²) in [5.74, 6) is 1.84. The van der Waals surface area contributed by atoms with Gasteiger partial charge >= 0.3 is 0 Å². The second-order valence-corrected chi connectivity index (χ2v) is 8.04. The van der Waals surface area contributed by atoms with Crippen LogP contribution in [0.25, 0.3) is 21.3 Å². The summed E-state index contributed by atoms with van der Waals surface area (Å²) in [6, 6.07) is 11.7. The SMILES string of the molecule is COc1nc(N2CCOCC2)ccc1Nc1ncc2scc(-c3cccc(N)c3)c2n1. The highest BCUT2D eigenvalue weighted by atomic mass is 32.1. The van der Waals surface area contributed by atoms with E-state index in [-0.39, 0.29) is 0 Å². The standard InChI is InChI=1S/C22H22N6O2S/c1-29-21-17(5-6-19(26-21)28-7-9-30-10-8-28)25-22-24-12-18-20(27-22)16(13-31-18)14-3-2-4-15(23)11-14/h2-6,11-13H,7-10,23H2,1H3,(H,24,25,27). The maximum absolute atomic E-state index is 5.97. The number of aromatic nitrogens is 3. The lowest BCUT2D eigenvalue weighted by atomic mass is 10.1. The smallest absolute Gasteiger partial charge is 0.239 e. The lowest BCUT2D eigenvalue weighted by Crippen LogP contribution is -2.36. The Morgan fingerprint density at radius 1 is 1.16 bits per heavy atom. The zero-order valence-electron chi connectivity index (χ0n) is 17.0. The molecule has 1 fully saturated rings. The monoisotopic (exact) mass is 434 g/mol. The van der Waals surface area contributed by atoms with Gasteiger partial charge in [0.1, 0.15) is 11.5 Å². The van der Waals surface area contributed by atoms with E-state index in [4.69, 9.17) is 20.2 Å². The Hall–Kier alpha value is -3.43. The number of thiophene rings is 1. The molecule has 158 valence electrons. The van der Waals surface area contributed by atoms with Crippen molar-refractivity contribution in [3.8, 4) is 17.0 Å². The molecule has 4 aromatic rings. The molecule has 1 aromatic carbocycles. The zero-order valence-corrected chi connectivity index (χ0v) is 17.9. The molecule has 3 N–H and O–H groups in total. The quantitative estimate of drug-likeness (QED) is 0.456. The molecule has 9 heteroatoms. The third kappa shape index (κ3) is 3.97. The zero-order chi connectivity index (χ0) is 21.2. The van der Waals surface area contributed by atoms with E-state index in [9.17, 15) is 0 Å². The van der Waals surface area contributed by atoms with E-state index in [1.54, 1.807) is 18.4 Å². The van der Waals surface area contributed by atoms with Gasteiger partial charge in [0, 0.05) is 29.7 Å². The van der Waals surface area contributed by atoms with Gasteiger partial charge in [0.05, 0.1) is 36.7 Å². The molecule has 3 aromatic heterocycles. The molecular weight excluding hydrogens is 412 g/mol. The number of hydrogen-bond donors (Lipinski definition) is 2. The lowest BCUT2D eigenvalue weighted by molar-refractivity contribution is 0.122. The summed E-state index contributed by atoms with van der Waals surface area (Å²) < 4.78 is 12.0. The van der Waals surface area contributed by atoms with Gasteiger partial charge in [-0.05, 0) is 29.8 Å². The van der Waals surface area contributed by atoms with Crippen molar-refractivity contribution in [3.63, 3.8) is 0 Å². The van der Waals surface area contributed by atoms with Crippen LogP contribution in [0, 0.1) is 0 Å². The maximum atomic E-state index is 5.97. The molecule has 1 aliphatic rings. The summed E-state index contributed by atoms with van der Waals surface area (Å²) in [6.07, 6.45) is 1.83. The summed E-state index contributed by atoms with van der Waals surface area (Å²) in [4.78, 5) is 16.1. The van der Waals surface area contributed by atoms with Gasteiger partial charge in [-0.1, -0.05) is 12.1 Å². The first-order chi connectivity index (χ1) is 15.2. The predicted molar refractivity (Wildman–Crippen MR) is 124 cm³/mol. The van der Waals surface area contributed by atoms with E-state index in [1.807, 2.05) is 42.6 Å². The van der Waals surface area contributed by atoms with Gasteiger partial charge in [-0.25, -0.2) is 9.97 Å². The number of pyridine rings is 1. The number of nitrogens with two attached hydrogens (primary N) is 1. The third-order valence-corrected chi connectivity index (χ3v) is 6.04. The van der Waals surface area contributed by atoms with E-state index in [1.165, 1.54) is 0 Å². The number of nitrogens with one attached hydrogen (secondary N) is 1. The minimum atomic E-state index is 0.482. The van der Waals surface area contributed by atoms with Gasteiger partial charge in [0.2, 0.25) is 11.8 Å². The van der Waals surface area contributed by atoms with Crippen LogP contribution in [0.2, 0.25) is 0 Å². The normalized spacial score (nSPS) is 14.0. The lowest BCUT2D eigenvalue weighted by Gasteiger charge is -2.28. The minimum Gasteiger partial charge on any atom is -0.479 e. The fraction of sp³-hybridized carbons (Fsp3) is 0.227. The first kappa shape index (κ1) is 19.5. The van der Waals surface area contributed by atoms with Crippen LogP contribution in [-0.4, -0.2) is 48.4 Å². The van der Waals surface area contributed by atoms with E-state index < -0.39 is 0 Å². The van der Waals surface area contributed by atoms with Gasteiger partial charge in [0.25, 0.3) is 0 Å². The molecule has 0 atom stereocenters. The number of rotatable bonds is 5. The molecule has 0 bridgehead atoms. The van der Waals surface area contributed by atoms with Gasteiger partial charge in [0.15, 0.2) is 0 Å². The Morgan fingerprint density at radius 3 is 2.84 bits per heavy atom. The van der Waals surface area contributed by atoms with Crippen LogP contribution >= 0.6 is 11.3 Å². The molecule has 4 heterocycles. The summed E-state index contributed by atoms with van der Waals surface area (Å²) in [5.41, 5.74) is 10.3. The summed E-state index contributed by atoms with van der Waals surface area (Å²) in [6.45, 7) is 3.03. The van der Waals surface area contributed by atoms with Crippen molar-refractivity contribution >= 4 is 44.7 Å². The highest BCUT2D eigenvalue weighted by molar-refractivity contribution is 7.17. The van der Waals surface area contributed by atoms with Gasteiger partial charge in [-0.15, -0.1) is 11.3 Å². The molecule has 0 aliphatic carbocycles. The van der Waals surface area contributed by atoms with Crippen LogP contribution in [0.4, 0.5) is 23.1 Å². The number of methoxy groups -OCH3 is 1. The molecule has 0 saturated carbocycles. The van der Waals surface area contributed by atoms with Crippen LogP contribution in [0.15, 0.2) is 48.0 Å². The van der Waals surface area contributed by atoms with Crippen molar-refractivity contribution in [1.82, 2.24) is 15.0 Å². The van der Waals surface area contributed by atoms with Crippen molar-refractivity contribution < 1.29 is 9.47 Å². The molecule has 0 unspecified atom stereocenters. The van der Waals surface area contributed by atoms with Gasteiger partial charge in [-0.3, -0.25) is 0 Å². The van der Waals surface area contributed by atoms with Gasteiger partial charge in [-0.2, -0.15) is 4.98 Å². The third-order valence-electron chi connectivity index (χ3n) is 5.13. The molecular formula is C22H22N6O2S. The molecule has 0 radical (unpaired) electrons. The molecule has 8 nitrogen and oxygen atoms in total. The Balaban J connectivity index is 1.45. The van der Waals surface area contributed by atoms with Crippen LogP contribution < -0.4 is 20.7 Å². The first-order valence-corrected chi connectivity index (χ1v) is 10.8. The Morgan fingerprint density at radius 2 is 2.03 bits per heavy atom. The van der Waals surface area contributed by atoms with Gasteiger partial charge < -0.3 is 25.4 Å². The number of nitrogen functional groups attached to an aromatic ring is 1. The fourth-order valence-corrected chi connectivity index (χ4v) is 4.44. The van der Waals surface area contributed by atoms with Crippen LogP contribution in [0.5, 0.6) is 5.88 Å². The largest absolute Gasteiger partial charge is 0.479 e. The van der Waals surface area contributed by atoms with E-state index in [2.05, 4.69) is 25.6 Å². The second-order valence-electron chi connectivity index (χ2n) is 7.13. The predicted octanol–water partition coefficient (Wildman–Crippen LogP) is 3.92. The molecule has 1 saturated heterocycles. The van der Waals surface area contributed by atoms with Crippen molar-refractivity contribution in [2.75, 3.05) is 49.4 Å². The highest BCUT2D eigenvalue weighted by Gasteiger charge is 2.16. The molecule has 5 rings (SSSR count). The van der Waals surface area contributed by atoms with Crippen molar-refractivity contribution in [2.45, 2.75) is 0 Å². The van der Waals surface area contributed by atoms with Crippen molar-refractivity contribution in [3.05, 3.63) is 48.0 Å². The van der Waals surface area contributed by atoms with Crippen LogP contribution in [0.3, 0.4) is 0 Å². The molecule has 0 amide bonds.